The van der Waals surface area contributed by atoms with E-state index in [1.807, 2.05) is 12.1 Å². The molecule has 5 rings (SSSR count). The number of halogens is 1. The van der Waals surface area contributed by atoms with Gasteiger partial charge in [-0.05, 0) is 67.1 Å². The zero-order chi connectivity index (χ0) is 23.1. The molecule has 0 radical (unpaired) electrons. The molecule has 1 aromatic carbocycles. The number of nitrogens with one attached hydrogen (secondary N) is 1. The highest BCUT2D eigenvalue weighted by molar-refractivity contribution is 7.17. The highest BCUT2D eigenvalue weighted by Gasteiger charge is 2.28. The third-order valence-electron chi connectivity index (χ3n) is 5.96. The molecule has 3 heterocycles. The van der Waals surface area contributed by atoms with Crippen molar-refractivity contribution in [3.8, 4) is 11.3 Å². The zero-order valence-electron chi connectivity index (χ0n) is 17.9. The second kappa shape index (κ2) is 8.57. The van der Waals surface area contributed by atoms with Gasteiger partial charge in [-0.3, -0.25) is 14.6 Å². The van der Waals surface area contributed by atoms with E-state index in [9.17, 15) is 9.59 Å². The molecule has 1 aliphatic rings. The number of carbonyl (C=O) groups excluding carboxylic acids is 2. The number of fused-ring (bicyclic) bond motifs is 2. The number of nitrogens with two attached hydrogens (primary N) is 1. The fourth-order valence-corrected chi connectivity index (χ4v) is 5.90. The Morgan fingerprint density at radius 2 is 2.09 bits per heavy atom. The van der Waals surface area contributed by atoms with E-state index < -0.39 is 5.91 Å². The normalized spacial score (nSPS) is 15.3. The first-order chi connectivity index (χ1) is 15.9. The van der Waals surface area contributed by atoms with E-state index in [1.165, 1.54) is 11.3 Å². The maximum atomic E-state index is 13.5. The second-order valence-corrected chi connectivity index (χ2v) is 9.87. The van der Waals surface area contributed by atoms with Gasteiger partial charge in [-0.15, -0.1) is 11.3 Å². The van der Waals surface area contributed by atoms with Crippen LogP contribution in [0.3, 0.4) is 0 Å². The van der Waals surface area contributed by atoms with E-state index in [-0.39, 0.29) is 5.91 Å². The van der Waals surface area contributed by atoms with Crippen molar-refractivity contribution >= 4 is 50.7 Å². The molecule has 3 aromatic heterocycles. The first kappa shape index (κ1) is 21.6. The third kappa shape index (κ3) is 4.10. The van der Waals surface area contributed by atoms with Gasteiger partial charge in [0.25, 0.3) is 11.8 Å². The number of hydrogen-bond acceptors (Lipinski definition) is 5. The topological polar surface area (TPSA) is 98.0 Å². The number of nitrogens with zero attached hydrogens (tertiary/aromatic N) is 2. The maximum absolute atomic E-state index is 13.5. The van der Waals surface area contributed by atoms with Crippen molar-refractivity contribution < 1.29 is 9.59 Å². The minimum absolute atomic E-state index is 0.344. The molecule has 166 valence electrons. The van der Waals surface area contributed by atoms with Gasteiger partial charge >= 0.3 is 0 Å². The Morgan fingerprint density at radius 1 is 1.24 bits per heavy atom. The van der Waals surface area contributed by atoms with Crippen molar-refractivity contribution in [1.29, 1.82) is 0 Å². The predicted molar refractivity (Wildman–Crippen MR) is 132 cm³/mol. The summed E-state index contributed by atoms with van der Waals surface area (Å²) >= 11 is 7.67. The van der Waals surface area contributed by atoms with Crippen molar-refractivity contribution in [2.24, 2.45) is 11.7 Å². The van der Waals surface area contributed by atoms with Crippen LogP contribution in [0.5, 0.6) is 0 Å². The monoisotopic (exact) mass is 476 g/mol. The van der Waals surface area contributed by atoms with Crippen molar-refractivity contribution in [1.82, 2.24) is 9.97 Å². The fraction of sp³-hybridized carbons (Fsp3) is 0.200. The summed E-state index contributed by atoms with van der Waals surface area (Å²) in [5.74, 6) is -0.325. The molecule has 4 aromatic rings. The number of rotatable bonds is 4. The molecular weight excluding hydrogens is 456 g/mol. The summed E-state index contributed by atoms with van der Waals surface area (Å²) in [5, 5.41) is 4.60. The van der Waals surface area contributed by atoms with Gasteiger partial charge in [-0.1, -0.05) is 18.5 Å². The number of aromatic nitrogens is 2. The lowest BCUT2D eigenvalue weighted by atomic mass is 9.88. The van der Waals surface area contributed by atoms with Gasteiger partial charge in [0, 0.05) is 33.2 Å². The Balaban J connectivity index is 1.61. The summed E-state index contributed by atoms with van der Waals surface area (Å²) in [4.78, 5) is 35.8. The number of thiophene rings is 1. The third-order valence-corrected chi connectivity index (χ3v) is 7.36. The molecule has 0 saturated carbocycles. The Bertz CT molecular complexity index is 1400. The number of anilines is 1. The Hall–Kier alpha value is -3.29. The molecule has 1 aliphatic carbocycles. The molecule has 2 amide bonds. The van der Waals surface area contributed by atoms with Crippen molar-refractivity contribution in [3.63, 3.8) is 0 Å². The molecule has 8 heteroatoms. The number of pyridine rings is 2. The summed E-state index contributed by atoms with van der Waals surface area (Å²) < 4.78 is 0. The van der Waals surface area contributed by atoms with E-state index >= 15 is 0 Å². The number of carbonyl (C=O) groups is 2. The molecule has 6 nitrogen and oxygen atoms in total. The van der Waals surface area contributed by atoms with Gasteiger partial charge in [0.15, 0.2) is 0 Å². The summed E-state index contributed by atoms with van der Waals surface area (Å²) in [7, 11) is 0. The van der Waals surface area contributed by atoms with Crippen molar-refractivity contribution in [3.05, 3.63) is 75.4 Å². The Labute approximate surface area is 199 Å². The van der Waals surface area contributed by atoms with E-state index in [0.717, 1.165) is 35.3 Å². The van der Waals surface area contributed by atoms with E-state index in [1.54, 1.807) is 36.7 Å². The molecule has 33 heavy (non-hydrogen) atoms. The quantitative estimate of drug-likeness (QED) is 0.407. The smallest absolute Gasteiger partial charge is 0.257 e. The average molecular weight is 477 g/mol. The van der Waals surface area contributed by atoms with Gasteiger partial charge in [-0.25, -0.2) is 4.98 Å². The fourth-order valence-electron chi connectivity index (χ4n) is 4.32. The van der Waals surface area contributed by atoms with E-state index in [0.29, 0.717) is 43.7 Å². The molecule has 1 atom stereocenters. The van der Waals surface area contributed by atoms with E-state index in [4.69, 9.17) is 22.3 Å². The summed E-state index contributed by atoms with van der Waals surface area (Å²) in [6.07, 6.45) is 6.06. The SMILES string of the molecule is C[C@H]1CCc2c(sc(NC(=O)c3cc(-c4cccnc4)nc4ccc(Cl)cc34)c2C(N)=O)C1. The number of primary amides is 1. The standard InChI is InChI=1S/C25H21ClN4O2S/c1-13-4-6-16-21(9-13)33-25(22(16)23(27)31)30-24(32)18-11-20(14-3-2-8-28-12-14)29-19-7-5-15(26)10-17(18)19/h2-3,5,7-8,10-13H,4,6,9H2,1H3,(H2,27,31)(H,30,32)/t13-/m0/s1. The first-order valence-corrected chi connectivity index (χ1v) is 11.9. The molecule has 0 spiro atoms. The molecule has 0 aliphatic heterocycles. The molecule has 0 saturated heterocycles. The van der Waals surface area contributed by atoms with Crippen molar-refractivity contribution in [2.75, 3.05) is 5.32 Å². The van der Waals surface area contributed by atoms with Gasteiger partial charge in [-0.2, -0.15) is 0 Å². The summed E-state index contributed by atoms with van der Waals surface area (Å²) in [6, 6.07) is 10.7. The molecule has 0 fully saturated rings. The lowest BCUT2D eigenvalue weighted by Gasteiger charge is -2.18. The van der Waals surface area contributed by atoms with Gasteiger partial charge in [0.1, 0.15) is 5.00 Å². The zero-order valence-corrected chi connectivity index (χ0v) is 19.5. The van der Waals surface area contributed by atoms with Crippen LogP contribution in [0.25, 0.3) is 22.2 Å². The summed E-state index contributed by atoms with van der Waals surface area (Å²) in [6.45, 7) is 2.19. The molecular formula is C25H21ClN4O2S. The summed E-state index contributed by atoms with van der Waals surface area (Å²) in [5.41, 5.74) is 9.59. The van der Waals surface area contributed by atoms with Crippen LogP contribution in [-0.2, 0) is 12.8 Å². The van der Waals surface area contributed by atoms with Gasteiger partial charge in [0.05, 0.1) is 22.3 Å². The van der Waals surface area contributed by atoms with Crippen LogP contribution in [0.15, 0.2) is 48.8 Å². The predicted octanol–water partition coefficient (Wildman–Crippen LogP) is 5.49. The molecule has 0 unspecified atom stereocenters. The van der Waals surface area contributed by atoms with Crippen LogP contribution < -0.4 is 11.1 Å². The lowest BCUT2D eigenvalue weighted by molar-refractivity contribution is 0.1000. The Morgan fingerprint density at radius 3 is 2.85 bits per heavy atom. The first-order valence-electron chi connectivity index (χ1n) is 10.7. The maximum Gasteiger partial charge on any atom is 0.257 e. The van der Waals surface area contributed by atoms with Crippen LogP contribution in [0.4, 0.5) is 5.00 Å². The van der Waals surface area contributed by atoms with Crippen LogP contribution in [0, 0.1) is 5.92 Å². The average Bonchev–Trinajstić information content (AvgIpc) is 3.15. The Kier molecular flexibility index (Phi) is 5.60. The van der Waals surface area contributed by atoms with Crippen molar-refractivity contribution in [2.45, 2.75) is 26.2 Å². The minimum Gasteiger partial charge on any atom is -0.365 e. The van der Waals surface area contributed by atoms with Crippen LogP contribution in [-0.4, -0.2) is 21.8 Å². The number of hydrogen-bond donors (Lipinski definition) is 2. The number of amides is 2. The number of benzene rings is 1. The highest BCUT2D eigenvalue weighted by Crippen LogP contribution is 2.40. The van der Waals surface area contributed by atoms with Crippen LogP contribution >= 0.6 is 22.9 Å². The lowest BCUT2D eigenvalue weighted by Crippen LogP contribution is -2.19. The minimum atomic E-state index is -0.518. The van der Waals surface area contributed by atoms with E-state index in [2.05, 4.69) is 17.2 Å². The second-order valence-electron chi connectivity index (χ2n) is 8.33. The van der Waals surface area contributed by atoms with Crippen LogP contribution in [0.1, 0.15) is 44.5 Å². The van der Waals surface area contributed by atoms with Gasteiger partial charge < -0.3 is 11.1 Å². The largest absolute Gasteiger partial charge is 0.365 e. The highest BCUT2D eigenvalue weighted by atomic mass is 35.5. The molecule has 0 bridgehead atoms. The van der Waals surface area contributed by atoms with Gasteiger partial charge in [0.2, 0.25) is 0 Å². The molecule has 3 N–H and O–H groups in total. The van der Waals surface area contributed by atoms with Crippen LogP contribution in [0.2, 0.25) is 5.02 Å².